The van der Waals surface area contributed by atoms with Crippen LogP contribution in [0.2, 0.25) is 0 Å². The Morgan fingerprint density at radius 1 is 1.10 bits per heavy atom. The molecule has 1 N–H and O–H groups in total. The Hall–Kier alpha value is -3.28. The van der Waals surface area contributed by atoms with Crippen molar-refractivity contribution >= 4 is 17.4 Å². The molecule has 0 bridgehead atoms. The smallest absolute Gasteiger partial charge is 0.295 e. The first-order valence-corrected chi connectivity index (χ1v) is 10.5. The number of aliphatic hydroxyl groups is 1. The number of Topliss-reactive ketones (excluding diaryl/α,β-unsaturated/α-hetero) is 1. The van der Waals surface area contributed by atoms with Crippen molar-refractivity contribution in [3.8, 4) is 11.5 Å². The molecule has 2 aromatic carbocycles. The number of carbonyl (C=O) groups excluding carboxylic acids is 2. The van der Waals surface area contributed by atoms with E-state index in [1.54, 1.807) is 49.6 Å². The molecule has 0 saturated carbocycles. The number of benzene rings is 2. The summed E-state index contributed by atoms with van der Waals surface area (Å²) in [5.41, 5.74) is 1.26. The van der Waals surface area contributed by atoms with Crippen LogP contribution in [0.1, 0.15) is 44.4 Å². The molecule has 0 aromatic heterocycles. The van der Waals surface area contributed by atoms with Crippen molar-refractivity contribution in [2.24, 2.45) is 5.92 Å². The van der Waals surface area contributed by atoms with Gasteiger partial charge in [0.15, 0.2) is 0 Å². The Balaban J connectivity index is 2.05. The second-order valence-corrected chi connectivity index (χ2v) is 8.00. The quantitative estimate of drug-likeness (QED) is 0.383. The van der Waals surface area contributed by atoms with Crippen molar-refractivity contribution in [3.63, 3.8) is 0 Å². The third-order valence-electron chi connectivity index (χ3n) is 5.13. The molecule has 6 heteroatoms. The first kappa shape index (κ1) is 22.4. The van der Waals surface area contributed by atoms with Gasteiger partial charge in [0.2, 0.25) is 0 Å². The molecule has 6 nitrogen and oxygen atoms in total. The third kappa shape index (κ3) is 4.74. The number of likely N-dealkylation sites (tertiary alicyclic amines) is 1. The molecule has 1 saturated heterocycles. The van der Waals surface area contributed by atoms with Crippen molar-refractivity contribution < 1.29 is 24.2 Å². The van der Waals surface area contributed by atoms with Gasteiger partial charge in [-0.2, -0.15) is 0 Å². The van der Waals surface area contributed by atoms with Crippen LogP contribution in [0.25, 0.3) is 5.76 Å². The predicted octanol–water partition coefficient (Wildman–Crippen LogP) is 4.56. The fourth-order valence-electron chi connectivity index (χ4n) is 3.64. The van der Waals surface area contributed by atoms with Crippen LogP contribution in [-0.4, -0.2) is 42.0 Å². The highest BCUT2D eigenvalue weighted by atomic mass is 16.5. The van der Waals surface area contributed by atoms with E-state index < -0.39 is 17.7 Å². The second-order valence-electron chi connectivity index (χ2n) is 8.00. The maximum absolute atomic E-state index is 12.9. The topological polar surface area (TPSA) is 76.1 Å². The van der Waals surface area contributed by atoms with Gasteiger partial charge in [-0.25, -0.2) is 0 Å². The van der Waals surface area contributed by atoms with Gasteiger partial charge in [-0.1, -0.05) is 32.9 Å². The van der Waals surface area contributed by atoms with Gasteiger partial charge in [-0.05, 0) is 54.3 Å². The van der Waals surface area contributed by atoms with E-state index >= 15 is 0 Å². The summed E-state index contributed by atoms with van der Waals surface area (Å²) in [7, 11) is 1.56. The summed E-state index contributed by atoms with van der Waals surface area (Å²) in [4.78, 5) is 27.2. The summed E-state index contributed by atoms with van der Waals surface area (Å²) in [5.74, 6) is 0.213. The van der Waals surface area contributed by atoms with Crippen molar-refractivity contribution in [1.29, 1.82) is 0 Å². The van der Waals surface area contributed by atoms with E-state index in [0.29, 0.717) is 48.1 Å². The molecule has 1 heterocycles. The number of ether oxygens (including phenoxy) is 2. The number of hydrogen-bond donors (Lipinski definition) is 1. The maximum Gasteiger partial charge on any atom is 0.295 e. The molecule has 0 spiro atoms. The van der Waals surface area contributed by atoms with E-state index in [0.717, 1.165) is 0 Å². The SMILES string of the molecule is CCCN1C(=O)C(=O)/C(=C(\O)c2ccc(OCC(C)C)cc2)C1c1cccc(OC)c1. The summed E-state index contributed by atoms with van der Waals surface area (Å²) in [6.45, 7) is 7.06. The zero-order chi connectivity index (χ0) is 22.5. The molecule has 1 atom stereocenters. The van der Waals surface area contributed by atoms with Crippen LogP contribution in [0.4, 0.5) is 0 Å². The highest BCUT2D eigenvalue weighted by Gasteiger charge is 2.45. The highest BCUT2D eigenvalue weighted by molar-refractivity contribution is 6.46. The van der Waals surface area contributed by atoms with Gasteiger partial charge in [0.25, 0.3) is 11.7 Å². The third-order valence-corrected chi connectivity index (χ3v) is 5.13. The molecule has 0 radical (unpaired) electrons. The minimum atomic E-state index is -0.682. The van der Waals surface area contributed by atoms with Crippen LogP contribution in [0.5, 0.6) is 11.5 Å². The number of methoxy groups -OCH3 is 1. The minimum absolute atomic E-state index is 0.0857. The van der Waals surface area contributed by atoms with Gasteiger partial charge in [0, 0.05) is 12.1 Å². The van der Waals surface area contributed by atoms with Crippen LogP contribution in [0.15, 0.2) is 54.1 Å². The lowest BCUT2D eigenvalue weighted by Crippen LogP contribution is -2.30. The number of carbonyl (C=O) groups is 2. The first-order valence-electron chi connectivity index (χ1n) is 10.5. The zero-order valence-electron chi connectivity index (χ0n) is 18.4. The van der Waals surface area contributed by atoms with Gasteiger partial charge in [0.1, 0.15) is 17.3 Å². The summed E-state index contributed by atoms with van der Waals surface area (Å²) in [6.07, 6.45) is 0.690. The second kappa shape index (κ2) is 9.69. The number of rotatable bonds is 8. The molecular formula is C25H29NO5. The molecule has 0 aliphatic carbocycles. The number of ketones is 1. The van der Waals surface area contributed by atoms with Gasteiger partial charge in [-0.15, -0.1) is 0 Å². The standard InChI is InChI=1S/C25H29NO5/c1-5-13-26-22(18-7-6-8-20(14-18)30-4)21(24(28)25(26)29)23(27)17-9-11-19(12-10-17)31-15-16(2)3/h6-12,14,16,22,27H,5,13,15H2,1-4H3/b23-21-. The number of aliphatic hydroxyl groups excluding tert-OH is 1. The number of amides is 1. The molecule has 164 valence electrons. The average Bonchev–Trinajstić information content (AvgIpc) is 3.03. The molecule has 1 aliphatic rings. The number of nitrogens with zero attached hydrogens (tertiary/aromatic N) is 1. The van der Waals surface area contributed by atoms with Gasteiger partial charge >= 0.3 is 0 Å². The average molecular weight is 424 g/mol. The zero-order valence-corrected chi connectivity index (χ0v) is 18.4. The van der Waals surface area contributed by atoms with Crippen LogP contribution in [0, 0.1) is 5.92 Å². The Kier molecular flexibility index (Phi) is 7.00. The Labute approximate surface area is 183 Å². The molecule has 1 unspecified atom stereocenters. The van der Waals surface area contributed by atoms with Gasteiger partial charge < -0.3 is 19.5 Å². The van der Waals surface area contributed by atoms with E-state index in [2.05, 4.69) is 13.8 Å². The van der Waals surface area contributed by atoms with Crippen LogP contribution in [-0.2, 0) is 9.59 Å². The normalized spacial score (nSPS) is 18.0. The highest BCUT2D eigenvalue weighted by Crippen LogP contribution is 2.40. The fraction of sp³-hybridized carbons (Fsp3) is 0.360. The van der Waals surface area contributed by atoms with Crippen LogP contribution >= 0.6 is 0 Å². The van der Waals surface area contributed by atoms with Crippen molar-refractivity contribution in [1.82, 2.24) is 4.90 Å². The van der Waals surface area contributed by atoms with E-state index in [9.17, 15) is 14.7 Å². The summed E-state index contributed by atoms with van der Waals surface area (Å²) in [5, 5.41) is 11.1. The monoisotopic (exact) mass is 423 g/mol. The Bertz CT molecular complexity index is 978. The van der Waals surface area contributed by atoms with E-state index in [1.165, 1.54) is 4.90 Å². The van der Waals surface area contributed by atoms with E-state index in [4.69, 9.17) is 9.47 Å². The molecule has 1 aliphatic heterocycles. The van der Waals surface area contributed by atoms with Crippen molar-refractivity contribution in [3.05, 3.63) is 65.2 Å². The molecular weight excluding hydrogens is 394 g/mol. The minimum Gasteiger partial charge on any atom is -0.507 e. The van der Waals surface area contributed by atoms with E-state index in [-0.39, 0.29) is 11.3 Å². The lowest BCUT2D eigenvalue weighted by molar-refractivity contribution is -0.139. The summed E-state index contributed by atoms with van der Waals surface area (Å²) < 4.78 is 11.0. The van der Waals surface area contributed by atoms with Crippen LogP contribution < -0.4 is 9.47 Å². The predicted molar refractivity (Wildman–Crippen MR) is 119 cm³/mol. The first-order chi connectivity index (χ1) is 14.9. The molecule has 31 heavy (non-hydrogen) atoms. The van der Waals surface area contributed by atoms with Crippen LogP contribution in [0.3, 0.4) is 0 Å². The maximum atomic E-state index is 12.9. The Morgan fingerprint density at radius 2 is 1.81 bits per heavy atom. The lowest BCUT2D eigenvalue weighted by atomic mass is 9.95. The lowest BCUT2D eigenvalue weighted by Gasteiger charge is -2.25. The molecule has 2 aromatic rings. The van der Waals surface area contributed by atoms with Gasteiger partial charge in [-0.3, -0.25) is 9.59 Å². The Morgan fingerprint density at radius 3 is 2.42 bits per heavy atom. The largest absolute Gasteiger partial charge is 0.507 e. The summed E-state index contributed by atoms with van der Waals surface area (Å²) >= 11 is 0. The molecule has 1 amide bonds. The van der Waals surface area contributed by atoms with Crippen molar-refractivity contribution in [2.45, 2.75) is 33.2 Å². The van der Waals surface area contributed by atoms with Crippen molar-refractivity contribution in [2.75, 3.05) is 20.3 Å². The van der Waals surface area contributed by atoms with E-state index in [1.807, 2.05) is 13.0 Å². The summed E-state index contributed by atoms with van der Waals surface area (Å²) in [6, 6.07) is 13.4. The van der Waals surface area contributed by atoms with Gasteiger partial charge in [0.05, 0.1) is 25.3 Å². The molecule has 3 rings (SSSR count). The number of hydrogen-bond acceptors (Lipinski definition) is 5. The molecule has 1 fully saturated rings. The fourth-order valence-corrected chi connectivity index (χ4v) is 3.64.